The Balaban J connectivity index is 1.98. The van der Waals surface area contributed by atoms with Crippen LogP contribution in [0.1, 0.15) is 27.7 Å². The summed E-state index contributed by atoms with van der Waals surface area (Å²) >= 11 is 7.48. The molecule has 0 fully saturated rings. The molecule has 0 bridgehead atoms. The van der Waals surface area contributed by atoms with Gasteiger partial charge >= 0.3 is 0 Å². The molecular formula is C13H13ClN2O2S. The number of halogens is 1. The topological polar surface area (TPSA) is 62.2 Å². The number of nitrogens with zero attached hydrogens (tertiary/aromatic N) is 1. The van der Waals surface area contributed by atoms with Crippen LogP contribution in [-0.2, 0) is 0 Å². The highest BCUT2D eigenvalue weighted by molar-refractivity contribution is 7.07. The van der Waals surface area contributed by atoms with E-state index in [2.05, 4.69) is 10.3 Å². The van der Waals surface area contributed by atoms with Crippen LogP contribution >= 0.6 is 22.9 Å². The molecule has 0 radical (unpaired) electrons. The summed E-state index contributed by atoms with van der Waals surface area (Å²) in [7, 11) is 0. The van der Waals surface area contributed by atoms with Gasteiger partial charge in [-0.1, -0.05) is 11.6 Å². The van der Waals surface area contributed by atoms with Crippen LogP contribution in [0.2, 0.25) is 5.02 Å². The summed E-state index contributed by atoms with van der Waals surface area (Å²) in [6.07, 6.45) is 0.719. The molecule has 0 aliphatic heterocycles. The first-order valence-electron chi connectivity index (χ1n) is 5.68. The number of aromatic nitrogens is 1. The van der Waals surface area contributed by atoms with E-state index in [0.29, 0.717) is 10.6 Å². The zero-order chi connectivity index (χ0) is 13.8. The van der Waals surface area contributed by atoms with Gasteiger partial charge in [-0.15, -0.1) is 0 Å². The summed E-state index contributed by atoms with van der Waals surface area (Å²) in [5.41, 5.74) is 1.85. The second-order valence-electron chi connectivity index (χ2n) is 4.09. The molecule has 2 heterocycles. The number of pyridine rings is 1. The van der Waals surface area contributed by atoms with Crippen molar-refractivity contribution in [3.63, 3.8) is 0 Å². The van der Waals surface area contributed by atoms with E-state index in [1.54, 1.807) is 13.0 Å². The molecule has 2 aromatic heterocycles. The predicted octanol–water partition coefficient (Wildman–Crippen LogP) is 2.57. The summed E-state index contributed by atoms with van der Waals surface area (Å²) in [4.78, 5) is 15.9. The van der Waals surface area contributed by atoms with E-state index in [1.807, 2.05) is 16.8 Å². The second-order valence-corrected chi connectivity index (χ2v) is 5.28. The molecule has 0 aliphatic carbocycles. The van der Waals surface area contributed by atoms with E-state index in [-0.39, 0.29) is 12.5 Å². The van der Waals surface area contributed by atoms with Crippen molar-refractivity contribution in [2.24, 2.45) is 0 Å². The van der Waals surface area contributed by atoms with Crippen LogP contribution in [0.15, 0.2) is 29.1 Å². The number of carbonyl (C=O) groups is 1. The fourth-order valence-corrected chi connectivity index (χ4v) is 2.56. The van der Waals surface area contributed by atoms with Crippen molar-refractivity contribution in [1.82, 2.24) is 10.3 Å². The van der Waals surface area contributed by atoms with Crippen molar-refractivity contribution in [3.05, 3.63) is 50.9 Å². The average molecular weight is 297 g/mol. The zero-order valence-electron chi connectivity index (χ0n) is 10.3. The lowest BCUT2D eigenvalue weighted by atomic mass is 10.2. The van der Waals surface area contributed by atoms with Crippen LogP contribution in [0.3, 0.4) is 0 Å². The SMILES string of the molecule is Cc1cc(Cl)c(C(=O)NCC(O)c2ccsc2)cn1. The summed E-state index contributed by atoms with van der Waals surface area (Å²) < 4.78 is 0. The van der Waals surface area contributed by atoms with Gasteiger partial charge in [0, 0.05) is 18.4 Å². The van der Waals surface area contributed by atoms with Crippen molar-refractivity contribution in [2.75, 3.05) is 6.54 Å². The minimum atomic E-state index is -0.715. The molecule has 2 aromatic rings. The first-order chi connectivity index (χ1) is 9.08. The molecule has 2 rings (SSSR count). The van der Waals surface area contributed by atoms with Gasteiger partial charge in [-0.2, -0.15) is 11.3 Å². The normalized spacial score (nSPS) is 12.2. The molecule has 0 aromatic carbocycles. The summed E-state index contributed by atoms with van der Waals surface area (Å²) in [5.74, 6) is -0.341. The fraction of sp³-hybridized carbons (Fsp3) is 0.231. The van der Waals surface area contributed by atoms with Crippen molar-refractivity contribution in [2.45, 2.75) is 13.0 Å². The Morgan fingerprint density at radius 2 is 2.42 bits per heavy atom. The predicted molar refractivity (Wildman–Crippen MR) is 75.6 cm³/mol. The first kappa shape index (κ1) is 14.0. The maximum Gasteiger partial charge on any atom is 0.254 e. The number of carbonyl (C=O) groups excluding carboxylic acids is 1. The molecule has 1 atom stereocenters. The third-order valence-electron chi connectivity index (χ3n) is 2.62. The Kier molecular flexibility index (Phi) is 4.52. The Bertz CT molecular complexity index is 572. The van der Waals surface area contributed by atoms with E-state index in [4.69, 9.17) is 11.6 Å². The summed E-state index contributed by atoms with van der Waals surface area (Å²) in [6, 6.07) is 3.45. The first-order valence-corrected chi connectivity index (χ1v) is 7.00. The molecule has 4 nitrogen and oxygen atoms in total. The molecule has 100 valence electrons. The number of aryl methyl sites for hydroxylation is 1. The molecule has 0 aliphatic rings. The van der Waals surface area contributed by atoms with Gasteiger partial charge in [0.15, 0.2) is 0 Å². The van der Waals surface area contributed by atoms with Crippen LogP contribution in [0.4, 0.5) is 0 Å². The molecule has 2 N–H and O–H groups in total. The van der Waals surface area contributed by atoms with E-state index < -0.39 is 6.10 Å². The smallest absolute Gasteiger partial charge is 0.254 e. The fourth-order valence-electron chi connectivity index (χ4n) is 1.56. The van der Waals surface area contributed by atoms with Gasteiger partial charge < -0.3 is 10.4 Å². The number of thiophene rings is 1. The van der Waals surface area contributed by atoms with Crippen LogP contribution in [-0.4, -0.2) is 22.5 Å². The molecule has 19 heavy (non-hydrogen) atoms. The molecular weight excluding hydrogens is 284 g/mol. The molecule has 0 saturated heterocycles. The number of hydrogen-bond donors (Lipinski definition) is 2. The van der Waals surface area contributed by atoms with Crippen molar-refractivity contribution < 1.29 is 9.90 Å². The lowest BCUT2D eigenvalue weighted by molar-refractivity contribution is 0.0916. The van der Waals surface area contributed by atoms with E-state index in [0.717, 1.165) is 11.3 Å². The van der Waals surface area contributed by atoms with Crippen LogP contribution in [0, 0.1) is 6.92 Å². The van der Waals surface area contributed by atoms with Crippen LogP contribution < -0.4 is 5.32 Å². The number of nitrogens with one attached hydrogen (secondary N) is 1. The maximum atomic E-state index is 11.9. The molecule has 0 spiro atoms. The summed E-state index contributed by atoms with van der Waals surface area (Å²) in [5, 5.41) is 16.6. The number of aliphatic hydroxyl groups excluding tert-OH is 1. The third kappa shape index (κ3) is 3.53. The highest BCUT2D eigenvalue weighted by Crippen LogP contribution is 2.17. The van der Waals surface area contributed by atoms with Crippen molar-refractivity contribution >= 4 is 28.8 Å². The Morgan fingerprint density at radius 3 is 3.05 bits per heavy atom. The molecule has 0 saturated carbocycles. The summed E-state index contributed by atoms with van der Waals surface area (Å²) in [6.45, 7) is 1.94. The van der Waals surface area contributed by atoms with Gasteiger partial charge in [-0.05, 0) is 35.4 Å². The lowest BCUT2D eigenvalue weighted by Gasteiger charge is -2.11. The van der Waals surface area contributed by atoms with Gasteiger partial charge in [0.1, 0.15) is 0 Å². The number of hydrogen-bond acceptors (Lipinski definition) is 4. The average Bonchev–Trinajstić information content (AvgIpc) is 2.89. The van der Waals surface area contributed by atoms with Crippen molar-refractivity contribution in [3.8, 4) is 0 Å². The quantitative estimate of drug-likeness (QED) is 0.911. The highest BCUT2D eigenvalue weighted by Gasteiger charge is 2.14. The Morgan fingerprint density at radius 1 is 1.63 bits per heavy atom. The standard InChI is InChI=1S/C13H13ClN2O2S/c1-8-4-11(14)10(5-15-8)13(18)16-6-12(17)9-2-3-19-7-9/h2-5,7,12,17H,6H2,1H3,(H,16,18). The molecule has 1 amide bonds. The molecule has 6 heteroatoms. The number of amides is 1. The lowest BCUT2D eigenvalue weighted by Crippen LogP contribution is -2.28. The van der Waals surface area contributed by atoms with Crippen LogP contribution in [0.25, 0.3) is 0 Å². The Hall–Kier alpha value is -1.43. The largest absolute Gasteiger partial charge is 0.387 e. The van der Waals surface area contributed by atoms with E-state index in [9.17, 15) is 9.90 Å². The Labute approximate surface area is 120 Å². The zero-order valence-corrected chi connectivity index (χ0v) is 11.8. The minimum Gasteiger partial charge on any atom is -0.387 e. The van der Waals surface area contributed by atoms with Gasteiger partial charge in [-0.25, -0.2) is 0 Å². The number of rotatable bonds is 4. The second kappa shape index (κ2) is 6.14. The third-order valence-corrected chi connectivity index (χ3v) is 3.63. The minimum absolute atomic E-state index is 0.139. The van der Waals surface area contributed by atoms with Gasteiger partial charge in [-0.3, -0.25) is 9.78 Å². The van der Waals surface area contributed by atoms with E-state index >= 15 is 0 Å². The van der Waals surface area contributed by atoms with Gasteiger partial charge in [0.05, 0.1) is 16.7 Å². The highest BCUT2D eigenvalue weighted by atomic mass is 35.5. The van der Waals surface area contributed by atoms with Gasteiger partial charge in [0.25, 0.3) is 5.91 Å². The maximum absolute atomic E-state index is 11.9. The van der Waals surface area contributed by atoms with Crippen molar-refractivity contribution in [1.29, 1.82) is 0 Å². The van der Waals surface area contributed by atoms with Gasteiger partial charge in [0.2, 0.25) is 0 Å². The molecule has 1 unspecified atom stereocenters. The monoisotopic (exact) mass is 296 g/mol. The van der Waals surface area contributed by atoms with E-state index in [1.165, 1.54) is 17.5 Å². The van der Waals surface area contributed by atoms with Crippen LogP contribution in [0.5, 0.6) is 0 Å². The number of aliphatic hydroxyl groups is 1.